The Morgan fingerprint density at radius 2 is 1.70 bits per heavy atom. The van der Waals surface area contributed by atoms with Crippen LogP contribution in [-0.2, 0) is 16.1 Å². The van der Waals surface area contributed by atoms with E-state index >= 15 is 0 Å². The van der Waals surface area contributed by atoms with Crippen LogP contribution in [0.1, 0.15) is 32.8 Å². The van der Waals surface area contributed by atoms with Gasteiger partial charge in [0.2, 0.25) is 0 Å². The second kappa shape index (κ2) is 8.17. The average molecular weight is 375 g/mol. The van der Waals surface area contributed by atoms with E-state index < -0.39 is 5.60 Å². The summed E-state index contributed by atoms with van der Waals surface area (Å²) in [6, 6.07) is 10.1. The number of carbonyl (C=O) groups excluding carboxylic acids is 2. The number of hydrogen-bond donors (Lipinski definition) is 1. The van der Waals surface area contributed by atoms with E-state index in [2.05, 4.69) is 5.32 Å². The number of ether oxygens (including phenoxy) is 2. The summed E-state index contributed by atoms with van der Waals surface area (Å²) in [5.41, 5.74) is 0.506. The molecule has 1 N–H and O–H groups in total. The molecule has 2 fully saturated rings. The molecule has 148 valence electrons. The topological polar surface area (TPSA) is 71.1 Å². The fraction of sp³-hybridized carbons (Fsp3) is 0.600. The Labute approximate surface area is 160 Å². The average Bonchev–Trinajstić information content (AvgIpc) is 3.04. The van der Waals surface area contributed by atoms with Crippen LogP contribution in [0.15, 0.2) is 30.3 Å². The lowest BCUT2D eigenvalue weighted by molar-refractivity contribution is 0.0287. The summed E-state index contributed by atoms with van der Waals surface area (Å²) in [6.07, 6.45) is 0.360. The van der Waals surface area contributed by atoms with E-state index in [4.69, 9.17) is 9.47 Å². The van der Waals surface area contributed by atoms with Crippen LogP contribution in [0.4, 0.5) is 9.59 Å². The third-order valence-corrected chi connectivity index (χ3v) is 4.66. The largest absolute Gasteiger partial charge is 0.445 e. The molecule has 2 amide bonds. The van der Waals surface area contributed by atoms with Gasteiger partial charge in [-0.3, -0.25) is 0 Å². The molecule has 2 saturated heterocycles. The smallest absolute Gasteiger partial charge is 0.410 e. The van der Waals surface area contributed by atoms with Crippen LogP contribution in [0.5, 0.6) is 0 Å². The van der Waals surface area contributed by atoms with Crippen molar-refractivity contribution in [2.75, 3.05) is 26.2 Å². The molecule has 7 heteroatoms. The molecule has 0 saturated carbocycles. The molecule has 1 atom stereocenters. The predicted octanol–water partition coefficient (Wildman–Crippen LogP) is 2.61. The molecular weight excluding hydrogens is 346 g/mol. The van der Waals surface area contributed by atoms with Gasteiger partial charge in [0.05, 0.1) is 0 Å². The standard InChI is InChI=1S/C20H29N3O4/c1-20(2,3)27-19(25)22-10-9-16(11-22)21-17-12-23(13-17)18(24)26-14-15-7-5-4-6-8-15/h4-8,16-17,21H,9-14H2,1-3H3/t16-/m0/s1. The van der Waals surface area contributed by atoms with Crippen LogP contribution in [-0.4, -0.2) is 65.9 Å². The van der Waals surface area contributed by atoms with E-state index in [1.54, 1.807) is 9.80 Å². The maximum absolute atomic E-state index is 12.1. The lowest BCUT2D eigenvalue weighted by Crippen LogP contribution is -2.62. The number of likely N-dealkylation sites (tertiary alicyclic amines) is 2. The zero-order chi connectivity index (χ0) is 19.4. The Hall–Kier alpha value is -2.28. The molecule has 0 spiro atoms. The number of rotatable bonds is 4. The van der Waals surface area contributed by atoms with Crippen LogP contribution in [0.3, 0.4) is 0 Å². The number of nitrogens with zero attached hydrogens (tertiary/aromatic N) is 2. The Balaban J connectivity index is 1.33. The van der Waals surface area contributed by atoms with Gasteiger partial charge in [-0.1, -0.05) is 30.3 Å². The summed E-state index contributed by atoms with van der Waals surface area (Å²) in [6.45, 7) is 8.52. The van der Waals surface area contributed by atoms with Gasteiger partial charge in [-0.25, -0.2) is 9.59 Å². The van der Waals surface area contributed by atoms with Crippen molar-refractivity contribution in [3.05, 3.63) is 35.9 Å². The van der Waals surface area contributed by atoms with E-state index in [0.29, 0.717) is 32.8 Å². The molecule has 1 aromatic rings. The highest BCUT2D eigenvalue weighted by atomic mass is 16.6. The summed E-state index contributed by atoms with van der Waals surface area (Å²) < 4.78 is 10.8. The SMILES string of the molecule is CC(C)(C)OC(=O)N1CC[C@H](NC2CN(C(=O)OCc3ccccc3)C2)C1. The Kier molecular flexibility index (Phi) is 5.89. The van der Waals surface area contributed by atoms with Crippen molar-refractivity contribution in [1.82, 2.24) is 15.1 Å². The first kappa shape index (κ1) is 19.5. The summed E-state index contributed by atoms with van der Waals surface area (Å²) >= 11 is 0. The molecule has 0 bridgehead atoms. The minimum atomic E-state index is -0.475. The quantitative estimate of drug-likeness (QED) is 0.876. The molecule has 7 nitrogen and oxygen atoms in total. The first-order valence-corrected chi connectivity index (χ1v) is 9.50. The van der Waals surface area contributed by atoms with E-state index in [1.807, 2.05) is 51.1 Å². The van der Waals surface area contributed by atoms with Gasteiger partial charge in [-0.2, -0.15) is 0 Å². The van der Waals surface area contributed by atoms with E-state index in [9.17, 15) is 9.59 Å². The maximum atomic E-state index is 12.1. The minimum absolute atomic E-state index is 0.241. The van der Waals surface area contributed by atoms with Gasteiger partial charge in [0.1, 0.15) is 12.2 Å². The summed E-state index contributed by atoms with van der Waals surface area (Å²) in [4.78, 5) is 27.6. The number of carbonyl (C=O) groups is 2. The van der Waals surface area contributed by atoms with Crippen LogP contribution >= 0.6 is 0 Å². The third-order valence-electron chi connectivity index (χ3n) is 4.66. The molecule has 2 aliphatic rings. The first-order valence-electron chi connectivity index (χ1n) is 9.50. The number of nitrogens with one attached hydrogen (secondary N) is 1. The summed E-state index contributed by atoms with van der Waals surface area (Å²) in [5.74, 6) is 0. The number of hydrogen-bond acceptors (Lipinski definition) is 5. The van der Waals surface area contributed by atoms with E-state index in [0.717, 1.165) is 12.0 Å². The maximum Gasteiger partial charge on any atom is 0.410 e. The molecule has 2 heterocycles. The second-order valence-electron chi connectivity index (χ2n) is 8.22. The summed E-state index contributed by atoms with van der Waals surface area (Å²) in [5, 5.41) is 3.52. The van der Waals surface area contributed by atoms with Gasteiger partial charge in [-0.15, -0.1) is 0 Å². The highest BCUT2D eigenvalue weighted by molar-refractivity contribution is 5.69. The summed E-state index contributed by atoms with van der Waals surface area (Å²) in [7, 11) is 0. The fourth-order valence-corrected chi connectivity index (χ4v) is 3.27. The van der Waals surface area contributed by atoms with Crippen molar-refractivity contribution in [1.29, 1.82) is 0 Å². The van der Waals surface area contributed by atoms with Gasteiger partial charge < -0.3 is 24.6 Å². The Morgan fingerprint density at radius 1 is 1.04 bits per heavy atom. The molecule has 1 aromatic carbocycles. The van der Waals surface area contributed by atoms with Gasteiger partial charge in [0.25, 0.3) is 0 Å². The van der Waals surface area contributed by atoms with Crippen LogP contribution < -0.4 is 5.32 Å². The van der Waals surface area contributed by atoms with Crippen LogP contribution in [0, 0.1) is 0 Å². The van der Waals surface area contributed by atoms with Crippen LogP contribution in [0.25, 0.3) is 0 Å². The molecule has 0 aliphatic carbocycles. The zero-order valence-electron chi connectivity index (χ0n) is 16.3. The van der Waals surface area contributed by atoms with E-state index in [-0.39, 0.29) is 24.3 Å². The first-order chi connectivity index (χ1) is 12.8. The second-order valence-corrected chi connectivity index (χ2v) is 8.22. The van der Waals surface area contributed by atoms with Gasteiger partial charge >= 0.3 is 12.2 Å². The normalized spacial score (nSPS) is 20.3. The minimum Gasteiger partial charge on any atom is -0.445 e. The lowest BCUT2D eigenvalue weighted by atomic mass is 10.1. The van der Waals surface area contributed by atoms with E-state index in [1.165, 1.54) is 0 Å². The molecule has 0 unspecified atom stereocenters. The van der Waals surface area contributed by atoms with Crippen molar-refractivity contribution < 1.29 is 19.1 Å². The van der Waals surface area contributed by atoms with Crippen LogP contribution in [0.2, 0.25) is 0 Å². The Bertz CT molecular complexity index is 653. The van der Waals surface area contributed by atoms with Gasteiger partial charge in [-0.05, 0) is 32.8 Å². The number of benzene rings is 1. The van der Waals surface area contributed by atoms with Crippen molar-refractivity contribution in [2.45, 2.75) is 51.5 Å². The van der Waals surface area contributed by atoms with Crippen molar-refractivity contribution >= 4 is 12.2 Å². The van der Waals surface area contributed by atoms with Gasteiger partial charge in [0, 0.05) is 38.3 Å². The molecule has 2 aliphatic heterocycles. The lowest BCUT2D eigenvalue weighted by Gasteiger charge is -2.40. The van der Waals surface area contributed by atoms with Gasteiger partial charge in [0.15, 0.2) is 0 Å². The van der Waals surface area contributed by atoms with Crippen molar-refractivity contribution in [2.24, 2.45) is 0 Å². The van der Waals surface area contributed by atoms with Crippen molar-refractivity contribution in [3.63, 3.8) is 0 Å². The zero-order valence-corrected chi connectivity index (χ0v) is 16.3. The molecular formula is C20H29N3O4. The molecule has 0 aromatic heterocycles. The molecule has 0 radical (unpaired) electrons. The molecule has 3 rings (SSSR count). The third kappa shape index (κ3) is 5.60. The monoisotopic (exact) mass is 375 g/mol. The Morgan fingerprint density at radius 3 is 2.37 bits per heavy atom. The fourth-order valence-electron chi connectivity index (χ4n) is 3.27. The van der Waals surface area contributed by atoms with Crippen molar-refractivity contribution in [3.8, 4) is 0 Å². The number of amides is 2. The molecule has 27 heavy (non-hydrogen) atoms. The highest BCUT2D eigenvalue weighted by Crippen LogP contribution is 2.18. The predicted molar refractivity (Wildman–Crippen MR) is 101 cm³/mol. The highest BCUT2D eigenvalue weighted by Gasteiger charge is 2.36.